The summed E-state index contributed by atoms with van der Waals surface area (Å²) in [6.07, 6.45) is 8.99. The van der Waals surface area contributed by atoms with E-state index in [1.807, 2.05) is 0 Å². The summed E-state index contributed by atoms with van der Waals surface area (Å²) in [6, 6.07) is 9.47. The molecule has 1 amide bonds. The van der Waals surface area contributed by atoms with E-state index >= 15 is 0 Å². The number of carbonyl (C=O) groups excluding carboxylic acids is 1. The number of terminal acetylenes is 1. The van der Waals surface area contributed by atoms with Gasteiger partial charge in [0.25, 0.3) is 5.91 Å². The Morgan fingerprint density at radius 2 is 2.12 bits per heavy atom. The van der Waals surface area contributed by atoms with E-state index in [1.54, 1.807) is 24.3 Å². The lowest BCUT2D eigenvalue weighted by Gasteiger charge is -2.19. The van der Waals surface area contributed by atoms with Crippen LogP contribution in [0, 0.1) is 18.3 Å². The van der Waals surface area contributed by atoms with Crippen LogP contribution in [-0.2, 0) is 16.6 Å². The Labute approximate surface area is 153 Å². The van der Waals surface area contributed by atoms with Gasteiger partial charge in [0.05, 0.1) is 24.2 Å². The van der Waals surface area contributed by atoms with Crippen molar-refractivity contribution < 1.29 is 17.6 Å². The first-order valence-corrected chi connectivity index (χ1v) is 9.83. The predicted octanol–water partition coefficient (Wildman–Crippen LogP) is 2.24. The van der Waals surface area contributed by atoms with Gasteiger partial charge in [-0.1, -0.05) is 12.0 Å². The van der Waals surface area contributed by atoms with E-state index < -0.39 is 10.0 Å². The van der Waals surface area contributed by atoms with E-state index in [-0.39, 0.29) is 29.5 Å². The molecule has 1 aliphatic rings. The highest BCUT2D eigenvalue weighted by atomic mass is 32.2. The summed E-state index contributed by atoms with van der Waals surface area (Å²) in [5, 5.41) is 0. The minimum Gasteiger partial charge on any atom is -0.467 e. The smallest absolute Gasteiger partial charge is 0.255 e. The fourth-order valence-electron chi connectivity index (χ4n) is 2.51. The molecule has 0 bridgehead atoms. The van der Waals surface area contributed by atoms with Crippen molar-refractivity contribution in [1.82, 2.24) is 9.62 Å². The van der Waals surface area contributed by atoms with Crippen LogP contribution in [-0.4, -0.2) is 32.3 Å². The molecule has 0 aliphatic heterocycles. The molecule has 1 aromatic heterocycles. The molecule has 0 radical (unpaired) electrons. The number of rotatable bonds is 8. The highest BCUT2D eigenvalue weighted by Crippen LogP contribution is 2.28. The van der Waals surface area contributed by atoms with Crippen molar-refractivity contribution in [3.05, 3.63) is 54.0 Å². The molecule has 26 heavy (non-hydrogen) atoms. The summed E-state index contributed by atoms with van der Waals surface area (Å²) < 4.78 is 32.7. The van der Waals surface area contributed by atoms with Crippen molar-refractivity contribution in [2.24, 2.45) is 5.92 Å². The first kappa shape index (κ1) is 18.2. The number of nitrogens with one attached hydrogen (secondary N) is 1. The number of sulfonamides is 1. The average molecular weight is 372 g/mol. The van der Waals surface area contributed by atoms with Crippen molar-refractivity contribution in [1.29, 1.82) is 0 Å². The SMILES string of the molecule is C#CCN(Cc1ccco1)C(=O)c1cccc(S(=O)(=O)NCC2CC2)c1. The molecule has 0 spiro atoms. The molecule has 1 saturated carbocycles. The molecule has 1 aromatic carbocycles. The minimum absolute atomic E-state index is 0.0719. The van der Waals surface area contributed by atoms with Gasteiger partial charge in [-0.25, -0.2) is 13.1 Å². The average Bonchev–Trinajstić information content (AvgIpc) is 3.34. The van der Waals surface area contributed by atoms with Crippen LogP contribution in [0.15, 0.2) is 52.0 Å². The van der Waals surface area contributed by atoms with Crippen molar-refractivity contribution in [2.45, 2.75) is 24.3 Å². The van der Waals surface area contributed by atoms with E-state index in [4.69, 9.17) is 10.8 Å². The highest BCUT2D eigenvalue weighted by molar-refractivity contribution is 7.89. The van der Waals surface area contributed by atoms with Gasteiger partial charge in [-0.3, -0.25) is 4.79 Å². The van der Waals surface area contributed by atoms with Gasteiger partial charge in [0.15, 0.2) is 0 Å². The quantitative estimate of drug-likeness (QED) is 0.721. The monoisotopic (exact) mass is 372 g/mol. The zero-order valence-corrected chi connectivity index (χ0v) is 15.0. The third kappa shape index (κ3) is 4.54. The third-order valence-corrected chi connectivity index (χ3v) is 5.57. The second kappa shape index (κ2) is 7.77. The van der Waals surface area contributed by atoms with E-state index in [1.165, 1.54) is 23.3 Å². The van der Waals surface area contributed by atoms with E-state index in [2.05, 4.69) is 10.6 Å². The van der Waals surface area contributed by atoms with Crippen LogP contribution in [0.25, 0.3) is 0 Å². The summed E-state index contributed by atoms with van der Waals surface area (Å²) in [4.78, 5) is 14.3. The molecule has 3 rings (SSSR count). The maximum absolute atomic E-state index is 12.8. The molecule has 0 saturated heterocycles. The fraction of sp³-hybridized carbons (Fsp3) is 0.316. The van der Waals surface area contributed by atoms with Crippen molar-refractivity contribution >= 4 is 15.9 Å². The normalized spacial score (nSPS) is 14.0. The number of nitrogens with zero attached hydrogens (tertiary/aromatic N) is 1. The van der Waals surface area contributed by atoms with Crippen LogP contribution < -0.4 is 4.72 Å². The van der Waals surface area contributed by atoms with Crippen LogP contribution in [0.5, 0.6) is 0 Å². The lowest BCUT2D eigenvalue weighted by atomic mass is 10.2. The summed E-state index contributed by atoms with van der Waals surface area (Å²) in [5.74, 6) is 3.13. The molecule has 6 nitrogen and oxygen atoms in total. The molecular weight excluding hydrogens is 352 g/mol. The molecule has 1 N–H and O–H groups in total. The Hall–Kier alpha value is -2.56. The van der Waals surface area contributed by atoms with Crippen molar-refractivity contribution in [3.63, 3.8) is 0 Å². The van der Waals surface area contributed by atoms with Gasteiger partial charge in [0.1, 0.15) is 5.76 Å². The van der Waals surface area contributed by atoms with Crippen LogP contribution in [0.1, 0.15) is 29.0 Å². The lowest BCUT2D eigenvalue weighted by molar-refractivity contribution is 0.0755. The first-order chi connectivity index (χ1) is 12.5. The Kier molecular flexibility index (Phi) is 5.45. The standard InChI is InChI=1S/C19H20N2O4S/c1-2-10-21(14-17-6-4-11-25-17)19(22)16-5-3-7-18(12-16)26(23,24)20-13-15-8-9-15/h1,3-7,11-12,15,20H,8-10,13-14H2. The summed E-state index contributed by atoms with van der Waals surface area (Å²) in [7, 11) is -3.64. The van der Waals surface area contributed by atoms with Gasteiger partial charge in [0.2, 0.25) is 10.0 Å². The molecule has 136 valence electrons. The number of benzene rings is 1. The van der Waals surface area contributed by atoms with E-state index in [0.29, 0.717) is 18.2 Å². The Morgan fingerprint density at radius 1 is 1.31 bits per heavy atom. The number of hydrogen-bond acceptors (Lipinski definition) is 4. The Morgan fingerprint density at radius 3 is 2.77 bits per heavy atom. The second-order valence-corrected chi connectivity index (χ2v) is 8.03. The number of furan rings is 1. The third-order valence-electron chi connectivity index (χ3n) is 4.15. The zero-order chi connectivity index (χ0) is 18.6. The molecular formula is C19H20N2O4S. The Balaban J connectivity index is 1.78. The first-order valence-electron chi connectivity index (χ1n) is 8.34. The van der Waals surface area contributed by atoms with Crippen LogP contribution in [0.3, 0.4) is 0 Å². The van der Waals surface area contributed by atoms with Gasteiger partial charge < -0.3 is 9.32 Å². The summed E-state index contributed by atoms with van der Waals surface area (Å²) in [5.41, 5.74) is 0.265. The maximum Gasteiger partial charge on any atom is 0.255 e. The van der Waals surface area contributed by atoms with Gasteiger partial charge in [-0.15, -0.1) is 6.42 Å². The van der Waals surface area contributed by atoms with Gasteiger partial charge >= 0.3 is 0 Å². The second-order valence-electron chi connectivity index (χ2n) is 6.27. The van der Waals surface area contributed by atoms with E-state index in [0.717, 1.165) is 12.8 Å². The van der Waals surface area contributed by atoms with Crippen LogP contribution in [0.2, 0.25) is 0 Å². The molecule has 7 heteroatoms. The summed E-state index contributed by atoms with van der Waals surface area (Å²) in [6.45, 7) is 0.742. The van der Waals surface area contributed by atoms with E-state index in [9.17, 15) is 13.2 Å². The molecule has 1 fully saturated rings. The molecule has 0 unspecified atom stereocenters. The summed E-state index contributed by atoms with van der Waals surface area (Å²) >= 11 is 0. The highest BCUT2D eigenvalue weighted by Gasteiger charge is 2.25. The maximum atomic E-state index is 12.8. The number of amides is 1. The predicted molar refractivity (Wildman–Crippen MR) is 96.6 cm³/mol. The molecule has 0 atom stereocenters. The van der Waals surface area contributed by atoms with Gasteiger partial charge in [-0.05, 0) is 49.1 Å². The Bertz CT molecular complexity index is 909. The molecule has 2 aromatic rings. The van der Waals surface area contributed by atoms with Crippen molar-refractivity contribution in [3.8, 4) is 12.3 Å². The van der Waals surface area contributed by atoms with Gasteiger partial charge in [0, 0.05) is 12.1 Å². The van der Waals surface area contributed by atoms with Gasteiger partial charge in [-0.2, -0.15) is 0 Å². The van der Waals surface area contributed by atoms with Crippen LogP contribution >= 0.6 is 0 Å². The topological polar surface area (TPSA) is 79.6 Å². The fourth-order valence-corrected chi connectivity index (χ4v) is 3.67. The largest absolute Gasteiger partial charge is 0.467 e. The van der Waals surface area contributed by atoms with Crippen LogP contribution in [0.4, 0.5) is 0 Å². The number of carbonyl (C=O) groups is 1. The van der Waals surface area contributed by atoms with Crippen molar-refractivity contribution in [2.75, 3.05) is 13.1 Å². The number of hydrogen-bond donors (Lipinski definition) is 1. The lowest BCUT2D eigenvalue weighted by Crippen LogP contribution is -2.31. The zero-order valence-electron chi connectivity index (χ0n) is 14.2. The minimum atomic E-state index is -3.64. The molecule has 1 aliphatic carbocycles. The molecule has 1 heterocycles.